The minimum absolute atomic E-state index is 0.0830. The molecule has 0 saturated heterocycles. The van der Waals surface area contributed by atoms with Crippen molar-refractivity contribution in [2.24, 2.45) is 11.8 Å². The summed E-state index contributed by atoms with van der Waals surface area (Å²) in [5.74, 6) is 1.49. The Morgan fingerprint density at radius 2 is 1.73 bits per heavy atom. The maximum atomic E-state index is 13.0. The summed E-state index contributed by atoms with van der Waals surface area (Å²) in [7, 11) is 0. The summed E-state index contributed by atoms with van der Waals surface area (Å²) >= 11 is 0. The molecule has 1 N–H and O–H groups in total. The molecule has 0 radical (unpaired) electrons. The van der Waals surface area contributed by atoms with Crippen molar-refractivity contribution in [2.75, 3.05) is 13.1 Å². The molecule has 26 heavy (non-hydrogen) atoms. The number of imidazole rings is 1. The highest BCUT2D eigenvalue weighted by Gasteiger charge is 2.20. The zero-order chi connectivity index (χ0) is 19.3. The van der Waals surface area contributed by atoms with Gasteiger partial charge in [0.15, 0.2) is 0 Å². The Morgan fingerprint density at radius 3 is 2.31 bits per heavy atom. The number of amides is 2. The minimum atomic E-state index is -0.115. The lowest BCUT2D eigenvalue weighted by atomic mass is 10.1. The van der Waals surface area contributed by atoms with E-state index in [0.29, 0.717) is 24.2 Å². The van der Waals surface area contributed by atoms with E-state index in [1.165, 1.54) is 6.92 Å². The van der Waals surface area contributed by atoms with Crippen LogP contribution in [-0.4, -0.2) is 39.4 Å². The molecule has 0 bridgehead atoms. The van der Waals surface area contributed by atoms with Gasteiger partial charge in [-0.2, -0.15) is 0 Å². The number of nitrogens with zero attached hydrogens (tertiary/aromatic N) is 3. The summed E-state index contributed by atoms with van der Waals surface area (Å²) in [6, 6.07) is 7.75. The Kier molecular flexibility index (Phi) is 6.77. The molecule has 0 unspecified atom stereocenters. The first kappa shape index (κ1) is 19.9. The summed E-state index contributed by atoms with van der Waals surface area (Å²) in [4.78, 5) is 30.8. The number of rotatable bonds is 8. The number of para-hydroxylation sites is 2. The molecule has 6 heteroatoms. The fourth-order valence-electron chi connectivity index (χ4n) is 3.04. The zero-order valence-electron chi connectivity index (χ0n) is 16.5. The van der Waals surface area contributed by atoms with Crippen LogP contribution in [0.25, 0.3) is 11.0 Å². The quantitative estimate of drug-likeness (QED) is 0.789. The van der Waals surface area contributed by atoms with E-state index in [0.717, 1.165) is 24.1 Å². The molecule has 0 atom stereocenters. The monoisotopic (exact) mass is 358 g/mol. The van der Waals surface area contributed by atoms with Gasteiger partial charge in [0.05, 0.1) is 17.6 Å². The third-order valence-corrected chi connectivity index (χ3v) is 4.05. The van der Waals surface area contributed by atoms with Gasteiger partial charge >= 0.3 is 0 Å². The lowest BCUT2D eigenvalue weighted by Crippen LogP contribution is -2.39. The van der Waals surface area contributed by atoms with Crippen LogP contribution in [0, 0.1) is 11.8 Å². The molecule has 0 saturated carbocycles. The molecule has 0 spiro atoms. The number of fused-ring (bicyclic) bond motifs is 1. The first-order valence-corrected chi connectivity index (χ1v) is 9.24. The topological polar surface area (TPSA) is 67.2 Å². The molecule has 0 aliphatic rings. The molecule has 142 valence electrons. The summed E-state index contributed by atoms with van der Waals surface area (Å²) in [5, 5.41) is 2.78. The SMILES string of the molecule is CC(=O)NCc1nc2ccccc2n1CC(=O)N(CC(C)C)CC(C)C. The van der Waals surface area contributed by atoms with E-state index < -0.39 is 0 Å². The number of hydrogen-bond acceptors (Lipinski definition) is 3. The van der Waals surface area contributed by atoms with Gasteiger partial charge in [0.2, 0.25) is 11.8 Å². The van der Waals surface area contributed by atoms with Gasteiger partial charge in [0.25, 0.3) is 0 Å². The highest BCUT2D eigenvalue weighted by Crippen LogP contribution is 2.17. The number of carbonyl (C=O) groups excluding carboxylic acids is 2. The van der Waals surface area contributed by atoms with Gasteiger partial charge in [-0.15, -0.1) is 0 Å². The van der Waals surface area contributed by atoms with Gasteiger partial charge in [-0.3, -0.25) is 9.59 Å². The van der Waals surface area contributed by atoms with Gasteiger partial charge in [-0.05, 0) is 24.0 Å². The molecule has 6 nitrogen and oxygen atoms in total. The summed E-state index contributed by atoms with van der Waals surface area (Å²) < 4.78 is 1.92. The second-order valence-corrected chi connectivity index (χ2v) is 7.60. The van der Waals surface area contributed by atoms with Crippen LogP contribution in [0.4, 0.5) is 0 Å². The Balaban J connectivity index is 2.30. The number of nitrogens with one attached hydrogen (secondary N) is 1. The lowest BCUT2D eigenvalue weighted by molar-refractivity contribution is -0.132. The van der Waals surface area contributed by atoms with Crippen molar-refractivity contribution >= 4 is 22.8 Å². The van der Waals surface area contributed by atoms with E-state index in [1.807, 2.05) is 33.7 Å². The van der Waals surface area contributed by atoms with Gasteiger partial charge in [0.1, 0.15) is 12.4 Å². The largest absolute Gasteiger partial charge is 0.349 e. The number of aromatic nitrogens is 2. The molecule has 1 heterocycles. The fraction of sp³-hybridized carbons (Fsp3) is 0.550. The van der Waals surface area contributed by atoms with Crippen molar-refractivity contribution in [3.63, 3.8) is 0 Å². The molecular formula is C20H30N4O2. The smallest absolute Gasteiger partial charge is 0.242 e. The molecule has 1 aromatic heterocycles. The molecule has 0 fully saturated rings. The van der Waals surface area contributed by atoms with E-state index >= 15 is 0 Å². The van der Waals surface area contributed by atoms with Crippen molar-refractivity contribution < 1.29 is 9.59 Å². The van der Waals surface area contributed by atoms with Crippen LogP contribution < -0.4 is 5.32 Å². The average molecular weight is 358 g/mol. The maximum absolute atomic E-state index is 13.0. The predicted octanol–water partition coefficient (Wildman–Crippen LogP) is 2.81. The van der Waals surface area contributed by atoms with Crippen LogP contribution in [0.1, 0.15) is 40.4 Å². The fourth-order valence-corrected chi connectivity index (χ4v) is 3.04. The third-order valence-electron chi connectivity index (χ3n) is 4.05. The van der Waals surface area contributed by atoms with Gasteiger partial charge in [-0.1, -0.05) is 39.8 Å². The Labute approximate surface area is 155 Å². The van der Waals surface area contributed by atoms with Crippen molar-refractivity contribution in [1.82, 2.24) is 19.8 Å². The van der Waals surface area contributed by atoms with Crippen LogP contribution in [-0.2, 0) is 22.7 Å². The molecule has 2 aromatic rings. The molecule has 2 rings (SSSR count). The highest BCUT2D eigenvalue weighted by atomic mass is 16.2. The van der Waals surface area contributed by atoms with Crippen molar-refractivity contribution in [3.05, 3.63) is 30.1 Å². The average Bonchev–Trinajstić information content (AvgIpc) is 2.89. The first-order chi connectivity index (χ1) is 12.3. The summed E-state index contributed by atoms with van der Waals surface area (Å²) in [6.07, 6.45) is 0. The molecular weight excluding hydrogens is 328 g/mol. The van der Waals surface area contributed by atoms with Gasteiger partial charge < -0.3 is 14.8 Å². The van der Waals surface area contributed by atoms with E-state index in [9.17, 15) is 9.59 Å². The third kappa shape index (κ3) is 5.31. The molecule has 1 aromatic carbocycles. The standard InChI is InChI=1S/C20H30N4O2/c1-14(2)11-23(12-15(3)4)20(26)13-24-18-9-7-6-8-17(18)22-19(24)10-21-16(5)25/h6-9,14-15H,10-13H2,1-5H3,(H,21,25). The molecule has 0 aliphatic heterocycles. The van der Waals surface area contributed by atoms with Crippen molar-refractivity contribution in [3.8, 4) is 0 Å². The second-order valence-electron chi connectivity index (χ2n) is 7.60. The van der Waals surface area contributed by atoms with Crippen LogP contribution in [0.5, 0.6) is 0 Å². The summed E-state index contributed by atoms with van der Waals surface area (Å²) in [5.41, 5.74) is 1.75. The first-order valence-electron chi connectivity index (χ1n) is 9.24. The Morgan fingerprint density at radius 1 is 1.12 bits per heavy atom. The number of hydrogen-bond donors (Lipinski definition) is 1. The minimum Gasteiger partial charge on any atom is -0.349 e. The van der Waals surface area contributed by atoms with Crippen LogP contribution in [0.3, 0.4) is 0 Å². The summed E-state index contributed by atoms with van der Waals surface area (Å²) in [6.45, 7) is 12.0. The maximum Gasteiger partial charge on any atom is 0.242 e. The van der Waals surface area contributed by atoms with Crippen molar-refractivity contribution in [1.29, 1.82) is 0 Å². The molecule has 2 amide bonds. The van der Waals surface area contributed by atoms with E-state index in [2.05, 4.69) is 38.0 Å². The number of carbonyl (C=O) groups is 2. The Hall–Kier alpha value is -2.37. The van der Waals surface area contributed by atoms with Crippen LogP contribution >= 0.6 is 0 Å². The van der Waals surface area contributed by atoms with Crippen LogP contribution in [0.15, 0.2) is 24.3 Å². The number of benzene rings is 1. The van der Waals surface area contributed by atoms with Crippen molar-refractivity contribution in [2.45, 2.75) is 47.7 Å². The zero-order valence-corrected chi connectivity index (χ0v) is 16.5. The Bertz CT molecular complexity index is 754. The van der Waals surface area contributed by atoms with Crippen LogP contribution in [0.2, 0.25) is 0 Å². The normalized spacial score (nSPS) is 11.3. The predicted molar refractivity (Wildman–Crippen MR) is 104 cm³/mol. The lowest BCUT2D eigenvalue weighted by Gasteiger charge is -2.27. The molecule has 0 aliphatic carbocycles. The highest BCUT2D eigenvalue weighted by molar-refractivity contribution is 5.81. The second kappa shape index (κ2) is 8.83. The van der Waals surface area contributed by atoms with E-state index in [4.69, 9.17) is 0 Å². The van der Waals surface area contributed by atoms with E-state index in [1.54, 1.807) is 0 Å². The van der Waals surface area contributed by atoms with Gasteiger partial charge in [0, 0.05) is 20.0 Å². The van der Waals surface area contributed by atoms with Gasteiger partial charge in [-0.25, -0.2) is 4.98 Å². The van der Waals surface area contributed by atoms with E-state index in [-0.39, 0.29) is 18.4 Å².